The zero-order valence-corrected chi connectivity index (χ0v) is 16.5. The lowest BCUT2D eigenvalue weighted by Gasteiger charge is -2.29. The molecule has 2 aromatic rings. The van der Waals surface area contributed by atoms with Crippen LogP contribution in [0.2, 0.25) is 0 Å². The van der Waals surface area contributed by atoms with E-state index in [1.165, 1.54) is 0 Å². The third-order valence-electron chi connectivity index (χ3n) is 4.42. The van der Waals surface area contributed by atoms with Crippen LogP contribution in [-0.2, 0) is 9.53 Å². The molecular formula is C22H25N3O4. The summed E-state index contributed by atoms with van der Waals surface area (Å²) < 4.78 is 10.7. The first-order valence-electron chi connectivity index (χ1n) is 9.61. The minimum Gasteiger partial charge on any atom is -0.494 e. The van der Waals surface area contributed by atoms with Crippen LogP contribution in [0.25, 0.3) is 0 Å². The first kappa shape index (κ1) is 20.3. The second-order valence-electron chi connectivity index (χ2n) is 6.37. The van der Waals surface area contributed by atoms with Gasteiger partial charge in [0.2, 0.25) is 0 Å². The molecule has 0 saturated carbocycles. The van der Waals surface area contributed by atoms with E-state index in [4.69, 9.17) is 9.47 Å². The second kappa shape index (κ2) is 9.64. The number of amides is 2. The molecule has 3 N–H and O–H groups in total. The van der Waals surface area contributed by atoms with Crippen molar-refractivity contribution >= 4 is 17.7 Å². The van der Waals surface area contributed by atoms with E-state index in [-0.39, 0.29) is 19.2 Å². The first-order chi connectivity index (χ1) is 14.1. The Hall–Kier alpha value is -3.48. The highest BCUT2D eigenvalue weighted by molar-refractivity contribution is 5.95. The average Bonchev–Trinajstić information content (AvgIpc) is 2.74. The predicted molar refractivity (Wildman–Crippen MR) is 111 cm³/mol. The average molecular weight is 395 g/mol. The number of ether oxygens (including phenoxy) is 2. The van der Waals surface area contributed by atoms with Crippen LogP contribution in [0.1, 0.15) is 25.5 Å². The van der Waals surface area contributed by atoms with Crippen LogP contribution >= 0.6 is 0 Å². The quantitative estimate of drug-likeness (QED) is 0.597. The molecule has 7 heteroatoms. The Kier molecular flexibility index (Phi) is 6.73. The van der Waals surface area contributed by atoms with Crippen molar-refractivity contribution in [2.45, 2.75) is 19.9 Å². The molecule has 0 unspecified atom stereocenters. The van der Waals surface area contributed by atoms with Gasteiger partial charge in [0.1, 0.15) is 5.75 Å². The number of anilines is 1. The Morgan fingerprint density at radius 2 is 1.76 bits per heavy atom. The van der Waals surface area contributed by atoms with Gasteiger partial charge in [-0.1, -0.05) is 30.3 Å². The minimum absolute atomic E-state index is 0.247. The van der Waals surface area contributed by atoms with Gasteiger partial charge in [0, 0.05) is 5.69 Å². The maximum absolute atomic E-state index is 12.7. The SMILES string of the molecule is CCOC(=O)C1=C(CNc2ccc(OCC)cc2)NC(=O)N[C@@H]1c1ccccc1. The standard InChI is InChI=1S/C22H25N3O4/c1-3-28-17-12-10-16(11-13-17)23-14-18-19(21(26)29-4-2)20(25-22(27)24-18)15-8-6-5-7-9-15/h5-13,20,23H,3-4,14H2,1-2H3,(H2,24,25,27)/t20-/m1/s1. The van der Waals surface area contributed by atoms with E-state index in [0.29, 0.717) is 17.9 Å². The molecule has 1 aliphatic rings. The fraction of sp³-hybridized carbons (Fsp3) is 0.273. The lowest BCUT2D eigenvalue weighted by molar-refractivity contribution is -0.139. The van der Waals surface area contributed by atoms with Crippen molar-refractivity contribution in [1.82, 2.24) is 10.6 Å². The van der Waals surface area contributed by atoms with Crippen LogP contribution < -0.4 is 20.7 Å². The van der Waals surface area contributed by atoms with Crippen molar-refractivity contribution in [3.8, 4) is 5.75 Å². The van der Waals surface area contributed by atoms with Gasteiger partial charge in [-0.05, 0) is 43.7 Å². The highest BCUT2D eigenvalue weighted by Gasteiger charge is 2.33. The highest BCUT2D eigenvalue weighted by Crippen LogP contribution is 2.28. The number of carbonyl (C=O) groups is 2. The highest BCUT2D eigenvalue weighted by atomic mass is 16.5. The minimum atomic E-state index is -0.582. The number of esters is 1. The van der Waals surface area contributed by atoms with Crippen LogP contribution in [0.4, 0.5) is 10.5 Å². The van der Waals surface area contributed by atoms with Crippen LogP contribution in [0, 0.1) is 0 Å². The number of nitrogens with one attached hydrogen (secondary N) is 3. The first-order valence-corrected chi connectivity index (χ1v) is 9.61. The third-order valence-corrected chi connectivity index (χ3v) is 4.42. The molecule has 1 atom stereocenters. The molecule has 1 heterocycles. The summed E-state index contributed by atoms with van der Waals surface area (Å²) in [4.78, 5) is 25.0. The van der Waals surface area contributed by atoms with Crippen LogP contribution in [-0.4, -0.2) is 31.8 Å². The molecule has 0 aliphatic carbocycles. The molecule has 0 saturated heterocycles. The Morgan fingerprint density at radius 3 is 2.41 bits per heavy atom. The Labute approximate surface area is 170 Å². The number of benzene rings is 2. The summed E-state index contributed by atoms with van der Waals surface area (Å²) >= 11 is 0. The summed E-state index contributed by atoms with van der Waals surface area (Å²) in [6.07, 6.45) is 0. The summed E-state index contributed by atoms with van der Waals surface area (Å²) in [5.41, 5.74) is 2.52. The van der Waals surface area contributed by atoms with Gasteiger partial charge in [-0.25, -0.2) is 9.59 Å². The Morgan fingerprint density at radius 1 is 1.03 bits per heavy atom. The third kappa shape index (κ3) is 5.07. The molecule has 0 bridgehead atoms. The van der Waals surface area contributed by atoms with Crippen LogP contribution in [0.3, 0.4) is 0 Å². The zero-order valence-electron chi connectivity index (χ0n) is 16.5. The Balaban J connectivity index is 1.87. The molecule has 0 radical (unpaired) electrons. The molecule has 1 aliphatic heterocycles. The number of urea groups is 1. The second-order valence-corrected chi connectivity index (χ2v) is 6.37. The van der Waals surface area contributed by atoms with E-state index in [2.05, 4.69) is 16.0 Å². The predicted octanol–water partition coefficient (Wildman–Crippen LogP) is 3.37. The molecule has 3 rings (SSSR count). The van der Waals surface area contributed by atoms with Crippen LogP contribution in [0.15, 0.2) is 65.9 Å². The number of hydrogen-bond acceptors (Lipinski definition) is 5. The lowest BCUT2D eigenvalue weighted by Crippen LogP contribution is -2.47. The lowest BCUT2D eigenvalue weighted by atomic mass is 9.95. The van der Waals surface area contributed by atoms with Crippen molar-refractivity contribution in [1.29, 1.82) is 0 Å². The van der Waals surface area contributed by atoms with E-state index in [1.807, 2.05) is 61.5 Å². The molecule has 152 valence electrons. The van der Waals surface area contributed by atoms with E-state index in [1.54, 1.807) is 6.92 Å². The topological polar surface area (TPSA) is 88.7 Å². The van der Waals surface area contributed by atoms with E-state index in [0.717, 1.165) is 17.0 Å². The van der Waals surface area contributed by atoms with Crippen molar-refractivity contribution in [2.24, 2.45) is 0 Å². The summed E-state index contributed by atoms with van der Waals surface area (Å²) in [6.45, 7) is 4.79. The van der Waals surface area contributed by atoms with Gasteiger partial charge in [0.25, 0.3) is 0 Å². The maximum atomic E-state index is 12.7. The molecular weight excluding hydrogens is 370 g/mol. The fourth-order valence-electron chi connectivity index (χ4n) is 3.13. The number of hydrogen-bond donors (Lipinski definition) is 3. The summed E-state index contributed by atoms with van der Waals surface area (Å²) in [5, 5.41) is 8.81. The fourth-order valence-corrected chi connectivity index (χ4v) is 3.13. The summed E-state index contributed by atoms with van der Waals surface area (Å²) in [7, 11) is 0. The summed E-state index contributed by atoms with van der Waals surface area (Å²) in [5.74, 6) is 0.320. The Bertz CT molecular complexity index is 879. The van der Waals surface area contributed by atoms with Gasteiger partial charge < -0.3 is 25.4 Å². The van der Waals surface area contributed by atoms with Crippen molar-refractivity contribution in [3.05, 3.63) is 71.4 Å². The molecule has 2 amide bonds. The van der Waals surface area contributed by atoms with Gasteiger partial charge in [-0.3, -0.25) is 0 Å². The van der Waals surface area contributed by atoms with Gasteiger partial charge in [-0.15, -0.1) is 0 Å². The van der Waals surface area contributed by atoms with Crippen molar-refractivity contribution in [3.63, 3.8) is 0 Å². The molecule has 0 fully saturated rings. The van der Waals surface area contributed by atoms with E-state index >= 15 is 0 Å². The van der Waals surface area contributed by atoms with Gasteiger partial charge in [0.05, 0.1) is 37.1 Å². The molecule has 0 spiro atoms. The van der Waals surface area contributed by atoms with Crippen molar-refractivity contribution in [2.75, 3.05) is 25.1 Å². The van der Waals surface area contributed by atoms with Gasteiger partial charge >= 0.3 is 12.0 Å². The van der Waals surface area contributed by atoms with E-state index in [9.17, 15) is 9.59 Å². The molecule has 0 aromatic heterocycles. The molecule has 7 nitrogen and oxygen atoms in total. The van der Waals surface area contributed by atoms with Crippen molar-refractivity contribution < 1.29 is 19.1 Å². The monoisotopic (exact) mass is 395 g/mol. The smallest absolute Gasteiger partial charge is 0.338 e. The normalized spacial score (nSPS) is 15.9. The number of carbonyl (C=O) groups excluding carboxylic acids is 2. The largest absolute Gasteiger partial charge is 0.494 e. The van der Waals surface area contributed by atoms with Gasteiger partial charge in [0.15, 0.2) is 0 Å². The summed E-state index contributed by atoms with van der Waals surface area (Å²) in [6, 6.07) is 15.9. The number of rotatable bonds is 8. The van der Waals surface area contributed by atoms with E-state index < -0.39 is 12.0 Å². The van der Waals surface area contributed by atoms with Crippen LogP contribution in [0.5, 0.6) is 5.75 Å². The molecule has 2 aromatic carbocycles. The maximum Gasteiger partial charge on any atom is 0.338 e. The molecule has 29 heavy (non-hydrogen) atoms. The van der Waals surface area contributed by atoms with Gasteiger partial charge in [-0.2, -0.15) is 0 Å². The zero-order chi connectivity index (χ0) is 20.6.